The molecule has 0 saturated carbocycles. The van der Waals surface area contributed by atoms with Gasteiger partial charge in [-0.2, -0.15) is 0 Å². The van der Waals surface area contributed by atoms with E-state index >= 15 is 0 Å². The molecule has 0 atom stereocenters. The first-order valence-electron chi connectivity index (χ1n) is 16.9. The van der Waals surface area contributed by atoms with E-state index in [0.717, 1.165) is 33.1 Å². The molecule has 0 unspecified atom stereocenters. The Morgan fingerprint density at radius 1 is 0.265 bits per heavy atom. The SMILES string of the molecule is c1ccc2c(c1)-c1cccc3c(-c4ccc5ccc(-c6ccc7c(c6)oc6cc(-c8ccc9ccccc9c8)ccc67)cc5c4)ccc-2c13. The highest BCUT2D eigenvalue weighted by atomic mass is 16.3. The molecule has 1 heterocycles. The summed E-state index contributed by atoms with van der Waals surface area (Å²) in [5, 5.41) is 9.90. The molecule has 1 aliphatic rings. The highest BCUT2D eigenvalue weighted by Crippen LogP contribution is 2.49. The van der Waals surface area contributed by atoms with Crippen LogP contribution in [-0.4, -0.2) is 0 Å². The predicted molar refractivity (Wildman–Crippen MR) is 207 cm³/mol. The van der Waals surface area contributed by atoms with E-state index in [1.165, 1.54) is 76.8 Å². The predicted octanol–water partition coefficient (Wildman–Crippen LogP) is 13.7. The standard InChI is InChI=1S/C48H28O/c1-2-7-31-24-32(15-12-29(31)6-1)34-18-20-41-42-21-19-35(28-47(42)49-46(41)27-34)33-16-13-30-14-17-36(26-37(30)25-33)38-22-23-45-40-9-4-3-8-39(40)44-11-5-10-43(38)48(44)45/h1-28H. The van der Waals surface area contributed by atoms with Crippen molar-refractivity contribution in [3.05, 3.63) is 170 Å². The van der Waals surface area contributed by atoms with Crippen molar-refractivity contribution in [2.24, 2.45) is 0 Å². The van der Waals surface area contributed by atoms with Crippen molar-refractivity contribution >= 4 is 54.3 Å². The maximum Gasteiger partial charge on any atom is 0.136 e. The third kappa shape index (κ3) is 4.00. The van der Waals surface area contributed by atoms with Gasteiger partial charge >= 0.3 is 0 Å². The summed E-state index contributed by atoms with van der Waals surface area (Å²) >= 11 is 0. The molecule has 0 amide bonds. The number of hydrogen-bond acceptors (Lipinski definition) is 1. The van der Waals surface area contributed by atoms with Gasteiger partial charge in [-0.15, -0.1) is 0 Å². The van der Waals surface area contributed by atoms with Crippen LogP contribution in [0.2, 0.25) is 0 Å². The molecule has 226 valence electrons. The first-order valence-corrected chi connectivity index (χ1v) is 16.9. The van der Waals surface area contributed by atoms with Crippen LogP contribution in [0.1, 0.15) is 0 Å². The van der Waals surface area contributed by atoms with Gasteiger partial charge in [0.15, 0.2) is 0 Å². The Labute approximate surface area is 283 Å². The lowest BCUT2D eigenvalue weighted by atomic mass is 9.92. The summed E-state index contributed by atoms with van der Waals surface area (Å²) in [4.78, 5) is 0. The van der Waals surface area contributed by atoms with Gasteiger partial charge in [0, 0.05) is 10.8 Å². The third-order valence-corrected chi connectivity index (χ3v) is 10.6. The summed E-state index contributed by atoms with van der Waals surface area (Å²) in [6.07, 6.45) is 0. The number of benzene rings is 9. The molecule has 0 aliphatic heterocycles. The molecule has 9 aromatic carbocycles. The van der Waals surface area contributed by atoms with Crippen LogP contribution in [0, 0.1) is 0 Å². The summed E-state index contributed by atoms with van der Waals surface area (Å²) in [6, 6.07) is 62.1. The van der Waals surface area contributed by atoms with Gasteiger partial charge in [-0.05, 0) is 130 Å². The lowest BCUT2D eigenvalue weighted by Crippen LogP contribution is -1.85. The van der Waals surface area contributed by atoms with Crippen molar-refractivity contribution in [1.82, 2.24) is 0 Å². The van der Waals surface area contributed by atoms with Crippen LogP contribution >= 0.6 is 0 Å². The lowest BCUT2D eigenvalue weighted by Gasteiger charge is -2.11. The third-order valence-electron chi connectivity index (χ3n) is 10.6. The highest BCUT2D eigenvalue weighted by Gasteiger charge is 2.22. The van der Waals surface area contributed by atoms with Crippen LogP contribution in [0.15, 0.2) is 174 Å². The van der Waals surface area contributed by atoms with Crippen LogP contribution in [0.25, 0.3) is 110 Å². The quantitative estimate of drug-likeness (QED) is 0.192. The Kier molecular flexibility index (Phi) is 5.45. The molecule has 11 rings (SSSR count). The van der Waals surface area contributed by atoms with E-state index in [0.29, 0.717) is 0 Å². The van der Waals surface area contributed by atoms with Crippen LogP contribution in [0.3, 0.4) is 0 Å². The van der Waals surface area contributed by atoms with E-state index in [4.69, 9.17) is 4.42 Å². The van der Waals surface area contributed by atoms with Crippen molar-refractivity contribution in [2.45, 2.75) is 0 Å². The molecule has 0 spiro atoms. The summed E-state index contributed by atoms with van der Waals surface area (Å²) < 4.78 is 6.52. The molecule has 0 bridgehead atoms. The van der Waals surface area contributed by atoms with Gasteiger partial charge in [0.2, 0.25) is 0 Å². The Balaban J connectivity index is 0.981. The van der Waals surface area contributed by atoms with E-state index < -0.39 is 0 Å². The Bertz CT molecular complexity index is 2960. The van der Waals surface area contributed by atoms with Crippen LogP contribution in [0.5, 0.6) is 0 Å². The van der Waals surface area contributed by atoms with Crippen LogP contribution in [-0.2, 0) is 0 Å². The molecule has 0 N–H and O–H groups in total. The normalized spacial score (nSPS) is 12.1. The molecule has 1 nitrogen and oxygen atoms in total. The minimum atomic E-state index is 0.908. The van der Waals surface area contributed by atoms with Crippen molar-refractivity contribution in [3.63, 3.8) is 0 Å². The zero-order valence-electron chi connectivity index (χ0n) is 26.6. The molecule has 10 aromatic rings. The van der Waals surface area contributed by atoms with Crippen molar-refractivity contribution in [2.75, 3.05) is 0 Å². The number of hydrogen-bond donors (Lipinski definition) is 0. The number of fused-ring (bicyclic) bond motifs is 8. The second kappa shape index (κ2) is 10.0. The molecule has 0 fully saturated rings. The van der Waals surface area contributed by atoms with Crippen LogP contribution < -0.4 is 0 Å². The largest absolute Gasteiger partial charge is 0.456 e. The fraction of sp³-hybridized carbons (Fsp3) is 0. The molecular formula is C48H28O. The van der Waals surface area contributed by atoms with Gasteiger partial charge in [0.25, 0.3) is 0 Å². The van der Waals surface area contributed by atoms with Gasteiger partial charge in [-0.25, -0.2) is 0 Å². The highest BCUT2D eigenvalue weighted by molar-refractivity contribution is 6.19. The molecule has 1 aliphatic carbocycles. The number of furan rings is 1. The van der Waals surface area contributed by atoms with Gasteiger partial charge in [-0.3, -0.25) is 0 Å². The fourth-order valence-electron chi connectivity index (χ4n) is 8.16. The minimum Gasteiger partial charge on any atom is -0.456 e. The van der Waals surface area contributed by atoms with E-state index in [2.05, 4.69) is 170 Å². The first kappa shape index (κ1) is 26.6. The van der Waals surface area contributed by atoms with E-state index in [1.807, 2.05) is 0 Å². The fourth-order valence-corrected chi connectivity index (χ4v) is 8.16. The summed E-state index contributed by atoms with van der Waals surface area (Å²) in [5.74, 6) is 0. The molecular weight excluding hydrogens is 593 g/mol. The molecule has 0 radical (unpaired) electrons. The average Bonchev–Trinajstić information content (AvgIpc) is 3.70. The van der Waals surface area contributed by atoms with Gasteiger partial charge in [0.1, 0.15) is 11.2 Å². The van der Waals surface area contributed by atoms with Gasteiger partial charge in [0.05, 0.1) is 0 Å². The smallest absolute Gasteiger partial charge is 0.136 e. The molecule has 0 saturated heterocycles. The number of rotatable bonds is 3. The topological polar surface area (TPSA) is 13.1 Å². The Morgan fingerprint density at radius 3 is 1.47 bits per heavy atom. The van der Waals surface area contributed by atoms with Gasteiger partial charge < -0.3 is 4.42 Å². The van der Waals surface area contributed by atoms with E-state index in [9.17, 15) is 0 Å². The van der Waals surface area contributed by atoms with Crippen molar-refractivity contribution < 1.29 is 4.42 Å². The second-order valence-electron chi connectivity index (χ2n) is 13.3. The maximum atomic E-state index is 6.52. The first-order chi connectivity index (χ1) is 24.2. The van der Waals surface area contributed by atoms with Crippen molar-refractivity contribution in [1.29, 1.82) is 0 Å². The van der Waals surface area contributed by atoms with Crippen LogP contribution in [0.4, 0.5) is 0 Å². The average molecular weight is 621 g/mol. The maximum absolute atomic E-state index is 6.52. The monoisotopic (exact) mass is 620 g/mol. The molecule has 49 heavy (non-hydrogen) atoms. The zero-order chi connectivity index (χ0) is 32.1. The minimum absolute atomic E-state index is 0.908. The molecule has 1 heteroatoms. The summed E-state index contributed by atoms with van der Waals surface area (Å²) in [7, 11) is 0. The Morgan fingerprint density at radius 2 is 0.755 bits per heavy atom. The van der Waals surface area contributed by atoms with E-state index in [-0.39, 0.29) is 0 Å². The Hall–Kier alpha value is -6.44. The molecule has 1 aromatic heterocycles. The summed E-state index contributed by atoms with van der Waals surface area (Å²) in [5.41, 5.74) is 14.3. The second-order valence-corrected chi connectivity index (χ2v) is 13.3. The van der Waals surface area contributed by atoms with Crippen molar-refractivity contribution in [3.8, 4) is 55.6 Å². The zero-order valence-corrected chi connectivity index (χ0v) is 26.6. The lowest BCUT2D eigenvalue weighted by molar-refractivity contribution is 0.669. The van der Waals surface area contributed by atoms with Gasteiger partial charge in [-0.1, -0.05) is 127 Å². The van der Waals surface area contributed by atoms with E-state index in [1.54, 1.807) is 0 Å². The summed E-state index contributed by atoms with van der Waals surface area (Å²) in [6.45, 7) is 0.